The topological polar surface area (TPSA) is 23.8 Å². The van der Waals surface area contributed by atoms with E-state index in [0.29, 0.717) is 6.42 Å². The fourth-order valence-electron chi connectivity index (χ4n) is 1.71. The summed E-state index contributed by atoms with van der Waals surface area (Å²) in [7, 11) is 0. The Labute approximate surface area is 82.8 Å². The van der Waals surface area contributed by atoms with Crippen molar-refractivity contribution in [3.8, 4) is 6.07 Å². The highest BCUT2D eigenvalue weighted by Gasteiger charge is 2.12. The molecule has 0 radical (unpaired) electrons. The SMILES string of the molecule is N#CCc1cccc2c1CCCS2. The molecule has 0 saturated carbocycles. The van der Waals surface area contributed by atoms with Gasteiger partial charge in [-0.15, -0.1) is 11.8 Å². The van der Waals surface area contributed by atoms with Crippen molar-refractivity contribution >= 4 is 11.8 Å². The van der Waals surface area contributed by atoms with Gasteiger partial charge in [-0.1, -0.05) is 12.1 Å². The predicted molar refractivity (Wildman–Crippen MR) is 54.8 cm³/mol. The summed E-state index contributed by atoms with van der Waals surface area (Å²) >= 11 is 1.92. The lowest BCUT2D eigenvalue weighted by Crippen LogP contribution is -2.02. The Hall–Kier alpha value is -0.940. The molecule has 0 N–H and O–H groups in total. The van der Waals surface area contributed by atoms with Crippen molar-refractivity contribution in [1.29, 1.82) is 5.26 Å². The molecule has 0 unspecified atom stereocenters. The summed E-state index contributed by atoms with van der Waals surface area (Å²) in [5, 5.41) is 8.66. The molecule has 0 fully saturated rings. The molecule has 1 aromatic carbocycles. The van der Waals surface area contributed by atoms with E-state index in [9.17, 15) is 0 Å². The van der Waals surface area contributed by atoms with Crippen molar-refractivity contribution in [3.05, 3.63) is 29.3 Å². The Kier molecular flexibility index (Phi) is 2.56. The molecule has 0 aromatic heterocycles. The lowest BCUT2D eigenvalue weighted by atomic mass is 10.0. The van der Waals surface area contributed by atoms with Crippen LogP contribution in [0, 0.1) is 11.3 Å². The summed E-state index contributed by atoms with van der Waals surface area (Å²) in [6, 6.07) is 8.53. The van der Waals surface area contributed by atoms with E-state index >= 15 is 0 Å². The number of nitrogens with zero attached hydrogens (tertiary/aromatic N) is 1. The summed E-state index contributed by atoms with van der Waals surface area (Å²) in [6.07, 6.45) is 2.96. The maximum atomic E-state index is 8.66. The number of hydrogen-bond donors (Lipinski definition) is 0. The molecular formula is C11H11NS. The van der Waals surface area contributed by atoms with Crippen LogP contribution in [0.1, 0.15) is 17.5 Å². The molecule has 1 heterocycles. The molecule has 2 heteroatoms. The van der Waals surface area contributed by atoms with E-state index in [2.05, 4.69) is 24.3 Å². The lowest BCUT2D eigenvalue weighted by molar-refractivity contribution is 0.873. The van der Waals surface area contributed by atoms with Crippen molar-refractivity contribution in [1.82, 2.24) is 0 Å². The van der Waals surface area contributed by atoms with Crippen LogP contribution in [0.2, 0.25) is 0 Å². The van der Waals surface area contributed by atoms with Crippen LogP contribution in [0.3, 0.4) is 0 Å². The van der Waals surface area contributed by atoms with Gasteiger partial charge in [0.15, 0.2) is 0 Å². The molecule has 13 heavy (non-hydrogen) atoms. The van der Waals surface area contributed by atoms with E-state index in [1.807, 2.05) is 11.8 Å². The van der Waals surface area contributed by atoms with Gasteiger partial charge in [0, 0.05) is 4.90 Å². The number of rotatable bonds is 1. The molecule has 0 bridgehead atoms. The Morgan fingerprint density at radius 2 is 2.38 bits per heavy atom. The van der Waals surface area contributed by atoms with Gasteiger partial charge in [-0.05, 0) is 35.8 Å². The van der Waals surface area contributed by atoms with Gasteiger partial charge in [-0.2, -0.15) is 5.26 Å². The minimum Gasteiger partial charge on any atom is -0.198 e. The van der Waals surface area contributed by atoms with Crippen molar-refractivity contribution in [3.63, 3.8) is 0 Å². The van der Waals surface area contributed by atoms with Crippen LogP contribution in [0.5, 0.6) is 0 Å². The Morgan fingerprint density at radius 3 is 3.23 bits per heavy atom. The highest BCUT2D eigenvalue weighted by Crippen LogP contribution is 2.31. The van der Waals surface area contributed by atoms with E-state index < -0.39 is 0 Å². The molecule has 0 atom stereocenters. The van der Waals surface area contributed by atoms with Gasteiger partial charge in [-0.25, -0.2) is 0 Å². The second-order valence-electron chi connectivity index (χ2n) is 3.18. The Morgan fingerprint density at radius 1 is 1.46 bits per heavy atom. The third kappa shape index (κ3) is 1.71. The number of fused-ring (bicyclic) bond motifs is 1. The fourth-order valence-corrected chi connectivity index (χ4v) is 2.80. The first-order chi connectivity index (χ1) is 6.42. The average Bonchev–Trinajstić information content (AvgIpc) is 2.19. The zero-order chi connectivity index (χ0) is 9.10. The highest BCUT2D eigenvalue weighted by molar-refractivity contribution is 7.99. The van der Waals surface area contributed by atoms with E-state index in [1.165, 1.54) is 28.2 Å². The summed E-state index contributed by atoms with van der Waals surface area (Å²) in [5.74, 6) is 1.23. The van der Waals surface area contributed by atoms with Gasteiger partial charge in [0.1, 0.15) is 0 Å². The zero-order valence-corrected chi connectivity index (χ0v) is 8.23. The molecular weight excluding hydrogens is 178 g/mol. The fraction of sp³-hybridized carbons (Fsp3) is 0.364. The summed E-state index contributed by atoms with van der Waals surface area (Å²) in [6.45, 7) is 0. The van der Waals surface area contributed by atoms with Gasteiger partial charge < -0.3 is 0 Å². The maximum Gasteiger partial charge on any atom is 0.0669 e. The van der Waals surface area contributed by atoms with Crippen molar-refractivity contribution < 1.29 is 0 Å². The monoisotopic (exact) mass is 189 g/mol. The van der Waals surface area contributed by atoms with Crippen LogP contribution < -0.4 is 0 Å². The first-order valence-electron chi connectivity index (χ1n) is 4.52. The van der Waals surface area contributed by atoms with Crippen LogP contribution in [-0.2, 0) is 12.8 Å². The van der Waals surface area contributed by atoms with Crippen LogP contribution in [0.25, 0.3) is 0 Å². The third-order valence-corrected chi connectivity index (χ3v) is 3.51. The largest absolute Gasteiger partial charge is 0.198 e. The molecule has 66 valence electrons. The second-order valence-corrected chi connectivity index (χ2v) is 4.32. The van der Waals surface area contributed by atoms with E-state index in [0.717, 1.165) is 6.42 Å². The molecule has 2 rings (SSSR count). The minimum atomic E-state index is 0.559. The molecule has 0 spiro atoms. The van der Waals surface area contributed by atoms with Gasteiger partial charge in [0.25, 0.3) is 0 Å². The van der Waals surface area contributed by atoms with Gasteiger partial charge in [-0.3, -0.25) is 0 Å². The predicted octanol–water partition coefficient (Wildman–Crippen LogP) is 2.79. The summed E-state index contributed by atoms with van der Waals surface area (Å²) in [5.41, 5.74) is 2.65. The van der Waals surface area contributed by atoms with Crippen LogP contribution >= 0.6 is 11.8 Å². The van der Waals surface area contributed by atoms with Gasteiger partial charge >= 0.3 is 0 Å². The van der Waals surface area contributed by atoms with Gasteiger partial charge in [0.2, 0.25) is 0 Å². The number of hydrogen-bond acceptors (Lipinski definition) is 2. The molecule has 1 aliphatic rings. The lowest BCUT2D eigenvalue weighted by Gasteiger charge is -2.17. The average molecular weight is 189 g/mol. The Bertz CT molecular complexity index is 352. The van der Waals surface area contributed by atoms with Crippen LogP contribution in [-0.4, -0.2) is 5.75 Å². The number of benzene rings is 1. The molecule has 0 saturated heterocycles. The first kappa shape index (κ1) is 8.65. The van der Waals surface area contributed by atoms with E-state index in [-0.39, 0.29) is 0 Å². The minimum absolute atomic E-state index is 0.559. The standard InChI is InChI=1S/C11H11NS/c12-7-6-9-3-1-5-11-10(9)4-2-8-13-11/h1,3,5H,2,4,6,8H2. The van der Waals surface area contributed by atoms with E-state index in [4.69, 9.17) is 5.26 Å². The van der Waals surface area contributed by atoms with Crippen molar-refractivity contribution in [2.24, 2.45) is 0 Å². The number of thioether (sulfide) groups is 1. The molecule has 0 amide bonds. The molecule has 1 nitrogen and oxygen atoms in total. The van der Waals surface area contributed by atoms with Crippen LogP contribution in [0.4, 0.5) is 0 Å². The van der Waals surface area contributed by atoms with Crippen molar-refractivity contribution in [2.45, 2.75) is 24.2 Å². The first-order valence-corrected chi connectivity index (χ1v) is 5.51. The summed E-state index contributed by atoms with van der Waals surface area (Å²) < 4.78 is 0. The molecule has 1 aromatic rings. The Balaban J connectivity index is 2.41. The van der Waals surface area contributed by atoms with E-state index in [1.54, 1.807) is 0 Å². The normalized spacial score (nSPS) is 14.7. The highest BCUT2D eigenvalue weighted by atomic mass is 32.2. The third-order valence-electron chi connectivity index (χ3n) is 2.33. The van der Waals surface area contributed by atoms with Crippen LogP contribution in [0.15, 0.2) is 23.1 Å². The summed E-state index contributed by atoms with van der Waals surface area (Å²) in [4.78, 5) is 1.39. The smallest absolute Gasteiger partial charge is 0.0669 e. The van der Waals surface area contributed by atoms with Gasteiger partial charge in [0.05, 0.1) is 12.5 Å². The zero-order valence-electron chi connectivity index (χ0n) is 7.42. The molecule has 1 aliphatic heterocycles. The maximum absolute atomic E-state index is 8.66. The quantitative estimate of drug-likeness (QED) is 0.678. The molecule has 0 aliphatic carbocycles. The second kappa shape index (κ2) is 3.85. The van der Waals surface area contributed by atoms with Crippen molar-refractivity contribution in [2.75, 3.05) is 5.75 Å². The number of nitriles is 1.